The highest BCUT2D eigenvalue weighted by atomic mass is 16.5. The Labute approximate surface area is 127 Å². The molecule has 1 aliphatic rings. The number of carbonyl (C=O) groups is 1. The van der Waals surface area contributed by atoms with Crippen LogP contribution >= 0.6 is 0 Å². The lowest BCUT2D eigenvalue weighted by Crippen LogP contribution is -2.35. The molecule has 1 aromatic carbocycles. The van der Waals surface area contributed by atoms with Gasteiger partial charge >= 0.3 is 5.97 Å². The Kier molecular flexibility index (Phi) is 3.72. The van der Waals surface area contributed by atoms with Gasteiger partial charge in [0.1, 0.15) is 17.3 Å². The highest BCUT2D eigenvalue weighted by molar-refractivity contribution is 5.76. The first kappa shape index (κ1) is 14.4. The van der Waals surface area contributed by atoms with Crippen molar-refractivity contribution in [3.8, 4) is 22.9 Å². The van der Waals surface area contributed by atoms with Crippen LogP contribution in [0.25, 0.3) is 11.4 Å². The van der Waals surface area contributed by atoms with Crippen molar-refractivity contribution >= 4 is 5.97 Å². The zero-order valence-electron chi connectivity index (χ0n) is 12.3. The van der Waals surface area contributed by atoms with Gasteiger partial charge in [-0.05, 0) is 12.1 Å². The fourth-order valence-corrected chi connectivity index (χ4v) is 2.62. The molecule has 116 valence electrons. The summed E-state index contributed by atoms with van der Waals surface area (Å²) >= 11 is 0. The van der Waals surface area contributed by atoms with Gasteiger partial charge in [-0.25, -0.2) is 4.98 Å². The molecule has 1 aliphatic heterocycles. The van der Waals surface area contributed by atoms with Crippen LogP contribution in [0.15, 0.2) is 18.2 Å². The van der Waals surface area contributed by atoms with E-state index in [2.05, 4.69) is 15.3 Å². The van der Waals surface area contributed by atoms with Gasteiger partial charge in [0.2, 0.25) is 0 Å². The van der Waals surface area contributed by atoms with Crippen molar-refractivity contribution in [2.45, 2.75) is 12.5 Å². The minimum atomic E-state index is -0.930. The SMILES string of the molecule is COc1ccc(-c2nc3c([nH]2)CCN[C@@H]3C(=O)O)c(OC)c1. The van der Waals surface area contributed by atoms with Gasteiger partial charge in [0.15, 0.2) is 6.04 Å². The minimum absolute atomic E-state index is 0.534. The molecule has 1 aromatic heterocycles. The third-order valence-electron chi connectivity index (χ3n) is 3.72. The minimum Gasteiger partial charge on any atom is -0.497 e. The third-order valence-corrected chi connectivity index (χ3v) is 3.72. The number of rotatable bonds is 4. The Hall–Kier alpha value is -2.54. The number of nitrogens with one attached hydrogen (secondary N) is 2. The van der Waals surface area contributed by atoms with Gasteiger partial charge in [-0.15, -0.1) is 0 Å². The van der Waals surface area contributed by atoms with Crippen molar-refractivity contribution in [2.24, 2.45) is 0 Å². The largest absolute Gasteiger partial charge is 0.497 e. The topological polar surface area (TPSA) is 96.5 Å². The Morgan fingerprint density at radius 1 is 1.36 bits per heavy atom. The summed E-state index contributed by atoms with van der Waals surface area (Å²) in [6.07, 6.45) is 0.713. The van der Waals surface area contributed by atoms with E-state index in [4.69, 9.17) is 9.47 Å². The molecule has 3 rings (SSSR count). The molecule has 0 radical (unpaired) electrons. The number of aromatic amines is 1. The van der Waals surface area contributed by atoms with Crippen LogP contribution in [0.5, 0.6) is 11.5 Å². The second kappa shape index (κ2) is 5.69. The van der Waals surface area contributed by atoms with Crippen LogP contribution in [-0.4, -0.2) is 41.8 Å². The number of fused-ring (bicyclic) bond motifs is 1. The first-order valence-corrected chi connectivity index (χ1v) is 6.91. The summed E-state index contributed by atoms with van der Waals surface area (Å²) in [5.74, 6) is 0.965. The van der Waals surface area contributed by atoms with Crippen LogP contribution in [0.4, 0.5) is 0 Å². The van der Waals surface area contributed by atoms with E-state index in [0.29, 0.717) is 36.0 Å². The van der Waals surface area contributed by atoms with Gasteiger partial charge in [0.05, 0.1) is 25.5 Å². The number of benzene rings is 1. The van der Waals surface area contributed by atoms with Gasteiger partial charge < -0.3 is 19.6 Å². The molecule has 0 spiro atoms. The number of aliphatic carboxylic acids is 1. The van der Waals surface area contributed by atoms with E-state index in [0.717, 1.165) is 11.3 Å². The average Bonchev–Trinajstić information content (AvgIpc) is 2.97. The van der Waals surface area contributed by atoms with E-state index < -0.39 is 12.0 Å². The molecule has 7 nitrogen and oxygen atoms in total. The zero-order valence-corrected chi connectivity index (χ0v) is 12.3. The molecule has 2 aromatic rings. The number of imidazole rings is 1. The Bertz CT molecular complexity index is 711. The second-order valence-corrected chi connectivity index (χ2v) is 4.99. The summed E-state index contributed by atoms with van der Waals surface area (Å²) in [5.41, 5.74) is 2.15. The molecule has 7 heteroatoms. The lowest BCUT2D eigenvalue weighted by Gasteiger charge is -2.18. The van der Waals surface area contributed by atoms with Crippen molar-refractivity contribution in [1.29, 1.82) is 0 Å². The number of hydrogen-bond donors (Lipinski definition) is 3. The number of H-pyrrole nitrogens is 1. The number of methoxy groups -OCH3 is 2. The van der Waals surface area contributed by atoms with Crippen molar-refractivity contribution < 1.29 is 19.4 Å². The Morgan fingerprint density at radius 3 is 2.86 bits per heavy atom. The maximum absolute atomic E-state index is 11.3. The van der Waals surface area contributed by atoms with Crippen molar-refractivity contribution in [3.63, 3.8) is 0 Å². The molecule has 2 heterocycles. The Morgan fingerprint density at radius 2 is 2.18 bits per heavy atom. The molecular weight excluding hydrogens is 286 g/mol. The smallest absolute Gasteiger partial charge is 0.327 e. The van der Waals surface area contributed by atoms with Crippen LogP contribution in [-0.2, 0) is 11.2 Å². The number of carboxylic acid groups (broad SMARTS) is 1. The van der Waals surface area contributed by atoms with Crippen molar-refractivity contribution in [3.05, 3.63) is 29.6 Å². The van der Waals surface area contributed by atoms with Gasteiger partial charge in [-0.2, -0.15) is 0 Å². The fourth-order valence-electron chi connectivity index (χ4n) is 2.62. The monoisotopic (exact) mass is 303 g/mol. The van der Waals surface area contributed by atoms with E-state index in [9.17, 15) is 9.90 Å². The molecule has 22 heavy (non-hydrogen) atoms. The summed E-state index contributed by atoms with van der Waals surface area (Å²) < 4.78 is 10.6. The van der Waals surface area contributed by atoms with Gasteiger partial charge in [0.25, 0.3) is 0 Å². The molecule has 0 saturated heterocycles. The fraction of sp³-hybridized carbons (Fsp3) is 0.333. The van der Waals surface area contributed by atoms with Crippen LogP contribution in [0.1, 0.15) is 17.4 Å². The van der Waals surface area contributed by atoms with Gasteiger partial charge in [0, 0.05) is 24.7 Å². The maximum atomic E-state index is 11.3. The van der Waals surface area contributed by atoms with Crippen LogP contribution in [0.3, 0.4) is 0 Å². The molecule has 3 N–H and O–H groups in total. The number of hydrogen-bond acceptors (Lipinski definition) is 5. The van der Waals surface area contributed by atoms with E-state index in [-0.39, 0.29) is 0 Å². The summed E-state index contributed by atoms with van der Waals surface area (Å²) in [6.45, 7) is 0.603. The molecule has 0 saturated carbocycles. The number of nitrogens with zero attached hydrogens (tertiary/aromatic N) is 1. The second-order valence-electron chi connectivity index (χ2n) is 4.99. The van der Waals surface area contributed by atoms with E-state index in [1.165, 1.54) is 0 Å². The number of ether oxygens (including phenoxy) is 2. The molecule has 0 fully saturated rings. The van der Waals surface area contributed by atoms with E-state index >= 15 is 0 Å². The predicted octanol–water partition coefficient (Wildman–Crippen LogP) is 1.37. The average molecular weight is 303 g/mol. The molecule has 0 aliphatic carbocycles. The summed E-state index contributed by atoms with van der Waals surface area (Å²) in [4.78, 5) is 19.0. The quantitative estimate of drug-likeness (QED) is 0.789. The van der Waals surface area contributed by atoms with Gasteiger partial charge in [-0.1, -0.05) is 0 Å². The first-order chi connectivity index (χ1) is 10.6. The van der Waals surface area contributed by atoms with Crippen LogP contribution in [0, 0.1) is 0 Å². The lowest BCUT2D eigenvalue weighted by atomic mass is 10.1. The maximum Gasteiger partial charge on any atom is 0.327 e. The normalized spacial score (nSPS) is 16.9. The molecule has 1 atom stereocenters. The van der Waals surface area contributed by atoms with E-state index in [1.807, 2.05) is 12.1 Å². The summed E-state index contributed by atoms with van der Waals surface area (Å²) in [5, 5.41) is 12.2. The zero-order chi connectivity index (χ0) is 15.7. The standard InChI is InChI=1S/C15H17N3O4/c1-21-8-3-4-9(11(7-8)22-2)14-17-10-5-6-16-13(15(19)20)12(10)18-14/h3-4,7,13,16H,5-6H2,1-2H3,(H,17,18)(H,19,20)/t13-/m0/s1. The predicted molar refractivity (Wildman–Crippen MR) is 79.2 cm³/mol. The third kappa shape index (κ3) is 2.39. The van der Waals surface area contributed by atoms with Crippen molar-refractivity contribution in [1.82, 2.24) is 15.3 Å². The molecule has 0 amide bonds. The lowest BCUT2D eigenvalue weighted by molar-refractivity contribution is -0.139. The van der Waals surface area contributed by atoms with Gasteiger partial charge in [-0.3, -0.25) is 10.1 Å². The summed E-state index contributed by atoms with van der Waals surface area (Å²) in [6, 6.07) is 4.64. The number of carboxylic acids is 1. The highest BCUT2D eigenvalue weighted by Crippen LogP contribution is 2.33. The summed E-state index contributed by atoms with van der Waals surface area (Å²) in [7, 11) is 3.16. The highest BCUT2D eigenvalue weighted by Gasteiger charge is 2.30. The molecular formula is C15H17N3O4. The van der Waals surface area contributed by atoms with E-state index in [1.54, 1.807) is 20.3 Å². The Balaban J connectivity index is 2.05. The van der Waals surface area contributed by atoms with Crippen LogP contribution < -0.4 is 14.8 Å². The number of aromatic nitrogens is 2. The first-order valence-electron chi connectivity index (χ1n) is 6.91. The van der Waals surface area contributed by atoms with Crippen molar-refractivity contribution in [2.75, 3.05) is 20.8 Å². The molecule has 0 bridgehead atoms. The van der Waals surface area contributed by atoms with Crippen LogP contribution in [0.2, 0.25) is 0 Å². The molecule has 0 unspecified atom stereocenters.